The number of carboxylic acids is 1. The number of urea groups is 1. The summed E-state index contributed by atoms with van der Waals surface area (Å²) in [4.78, 5) is 22.5. The lowest BCUT2D eigenvalue weighted by atomic mass is 10.1. The molecule has 0 saturated heterocycles. The van der Waals surface area contributed by atoms with E-state index in [1.54, 1.807) is 12.1 Å². The quantitative estimate of drug-likeness (QED) is 0.566. The first-order valence-electron chi connectivity index (χ1n) is 6.64. The van der Waals surface area contributed by atoms with Crippen LogP contribution in [0.4, 0.5) is 10.5 Å². The van der Waals surface area contributed by atoms with Crippen LogP contribution in [0.15, 0.2) is 24.3 Å². The Morgan fingerprint density at radius 1 is 1.30 bits per heavy atom. The van der Waals surface area contributed by atoms with Gasteiger partial charge in [-0.15, -0.1) is 0 Å². The van der Waals surface area contributed by atoms with Gasteiger partial charge in [0.25, 0.3) is 0 Å². The molecule has 1 unspecified atom stereocenters. The van der Waals surface area contributed by atoms with Crippen LogP contribution in [0.25, 0.3) is 0 Å². The Morgan fingerprint density at radius 2 is 1.95 bits per heavy atom. The van der Waals surface area contributed by atoms with Crippen molar-refractivity contribution in [3.05, 3.63) is 29.8 Å². The molecule has 0 bridgehead atoms. The van der Waals surface area contributed by atoms with E-state index in [-0.39, 0.29) is 0 Å². The second kappa shape index (κ2) is 8.04. The Balaban J connectivity index is 2.32. The third-order valence-electron chi connectivity index (χ3n) is 2.86. The SMILES string of the molecule is CCCC(NC(=O)NCCc1ccc(N)cc1)C(=O)O. The van der Waals surface area contributed by atoms with Crippen molar-refractivity contribution in [2.45, 2.75) is 32.2 Å². The second-order valence-electron chi connectivity index (χ2n) is 4.57. The predicted molar refractivity (Wildman–Crippen MR) is 77.4 cm³/mol. The molecule has 110 valence electrons. The molecule has 6 nitrogen and oxygen atoms in total. The number of hydrogen-bond acceptors (Lipinski definition) is 3. The Kier molecular flexibility index (Phi) is 6.36. The number of aliphatic carboxylic acids is 1. The Labute approximate surface area is 118 Å². The number of amides is 2. The van der Waals surface area contributed by atoms with Gasteiger partial charge in [0.1, 0.15) is 6.04 Å². The van der Waals surface area contributed by atoms with E-state index in [2.05, 4.69) is 10.6 Å². The average molecular weight is 279 g/mol. The van der Waals surface area contributed by atoms with Crippen molar-refractivity contribution in [1.82, 2.24) is 10.6 Å². The number of nitrogens with one attached hydrogen (secondary N) is 2. The molecule has 0 fully saturated rings. The third-order valence-corrected chi connectivity index (χ3v) is 2.86. The monoisotopic (exact) mass is 279 g/mol. The molecular weight excluding hydrogens is 258 g/mol. The lowest BCUT2D eigenvalue weighted by Crippen LogP contribution is -2.46. The van der Waals surface area contributed by atoms with Gasteiger partial charge in [-0.25, -0.2) is 9.59 Å². The van der Waals surface area contributed by atoms with E-state index < -0.39 is 18.0 Å². The summed E-state index contributed by atoms with van der Waals surface area (Å²) in [5.74, 6) is -1.01. The molecule has 6 heteroatoms. The first kappa shape index (κ1) is 15.8. The average Bonchev–Trinajstić information content (AvgIpc) is 2.40. The number of nitrogens with two attached hydrogens (primary N) is 1. The fraction of sp³-hybridized carbons (Fsp3) is 0.429. The molecular formula is C14H21N3O3. The fourth-order valence-corrected chi connectivity index (χ4v) is 1.76. The van der Waals surface area contributed by atoms with Crippen LogP contribution in [-0.2, 0) is 11.2 Å². The highest BCUT2D eigenvalue weighted by Gasteiger charge is 2.18. The number of rotatable bonds is 7. The van der Waals surface area contributed by atoms with Crippen LogP contribution in [0.2, 0.25) is 0 Å². The van der Waals surface area contributed by atoms with Gasteiger partial charge in [-0.1, -0.05) is 25.5 Å². The van der Waals surface area contributed by atoms with Crippen LogP contribution >= 0.6 is 0 Å². The summed E-state index contributed by atoms with van der Waals surface area (Å²) in [6.45, 7) is 2.31. The van der Waals surface area contributed by atoms with Gasteiger partial charge >= 0.3 is 12.0 Å². The zero-order valence-electron chi connectivity index (χ0n) is 11.6. The highest BCUT2D eigenvalue weighted by atomic mass is 16.4. The minimum absolute atomic E-state index is 0.417. The van der Waals surface area contributed by atoms with Crippen LogP contribution in [0.1, 0.15) is 25.3 Å². The van der Waals surface area contributed by atoms with Gasteiger partial charge in [0.15, 0.2) is 0 Å². The number of nitrogen functional groups attached to an aromatic ring is 1. The number of hydrogen-bond donors (Lipinski definition) is 4. The van der Waals surface area contributed by atoms with E-state index in [9.17, 15) is 9.59 Å². The molecule has 0 aliphatic rings. The number of carbonyl (C=O) groups is 2. The minimum atomic E-state index is -1.01. The molecule has 2 amide bonds. The Hall–Kier alpha value is -2.24. The van der Waals surface area contributed by atoms with E-state index in [0.717, 1.165) is 5.56 Å². The predicted octanol–water partition coefficient (Wildman–Crippen LogP) is 1.36. The maximum absolute atomic E-state index is 11.6. The number of carbonyl (C=O) groups excluding carboxylic acids is 1. The third kappa shape index (κ3) is 5.60. The van der Waals surface area contributed by atoms with Crippen molar-refractivity contribution in [2.24, 2.45) is 0 Å². The number of carboxylic acid groups (broad SMARTS) is 1. The van der Waals surface area contributed by atoms with Gasteiger partial charge in [-0.2, -0.15) is 0 Å². The van der Waals surface area contributed by atoms with Gasteiger partial charge in [0.05, 0.1) is 0 Å². The van der Waals surface area contributed by atoms with E-state index in [4.69, 9.17) is 10.8 Å². The maximum atomic E-state index is 11.6. The smallest absolute Gasteiger partial charge is 0.326 e. The topological polar surface area (TPSA) is 104 Å². The van der Waals surface area contributed by atoms with E-state index >= 15 is 0 Å². The standard InChI is InChI=1S/C14H21N3O3/c1-2-3-12(13(18)19)17-14(20)16-9-8-10-4-6-11(15)7-5-10/h4-7,12H,2-3,8-9,15H2,1H3,(H,18,19)(H2,16,17,20). The Morgan fingerprint density at radius 3 is 2.50 bits per heavy atom. The van der Waals surface area contributed by atoms with E-state index in [1.165, 1.54) is 0 Å². The van der Waals surface area contributed by atoms with Gasteiger partial charge in [-0.05, 0) is 30.5 Å². The Bertz CT molecular complexity index is 445. The van der Waals surface area contributed by atoms with Crippen molar-refractivity contribution in [1.29, 1.82) is 0 Å². The summed E-state index contributed by atoms with van der Waals surface area (Å²) in [5, 5.41) is 14.0. The minimum Gasteiger partial charge on any atom is -0.480 e. The van der Waals surface area contributed by atoms with Crippen LogP contribution in [0, 0.1) is 0 Å². The second-order valence-corrected chi connectivity index (χ2v) is 4.57. The van der Waals surface area contributed by atoms with Crippen molar-refractivity contribution < 1.29 is 14.7 Å². The number of anilines is 1. The largest absolute Gasteiger partial charge is 0.480 e. The molecule has 0 aliphatic carbocycles. The summed E-state index contributed by atoms with van der Waals surface area (Å²) < 4.78 is 0. The van der Waals surface area contributed by atoms with Gasteiger partial charge < -0.3 is 21.5 Å². The maximum Gasteiger partial charge on any atom is 0.326 e. The normalized spacial score (nSPS) is 11.7. The molecule has 0 aliphatic heterocycles. The molecule has 20 heavy (non-hydrogen) atoms. The fourth-order valence-electron chi connectivity index (χ4n) is 1.76. The lowest BCUT2D eigenvalue weighted by Gasteiger charge is -2.14. The molecule has 0 heterocycles. The summed E-state index contributed by atoms with van der Waals surface area (Å²) in [6.07, 6.45) is 1.78. The molecule has 1 aromatic rings. The molecule has 0 spiro atoms. The van der Waals surface area contributed by atoms with Crippen LogP contribution in [0.3, 0.4) is 0 Å². The van der Waals surface area contributed by atoms with Gasteiger partial charge in [-0.3, -0.25) is 0 Å². The molecule has 1 rings (SSSR count). The first-order chi connectivity index (χ1) is 9.52. The molecule has 1 atom stereocenters. The van der Waals surface area contributed by atoms with Gasteiger partial charge in [0, 0.05) is 12.2 Å². The highest BCUT2D eigenvalue weighted by molar-refractivity contribution is 5.82. The first-order valence-corrected chi connectivity index (χ1v) is 6.64. The van der Waals surface area contributed by atoms with Crippen molar-refractivity contribution in [3.63, 3.8) is 0 Å². The molecule has 0 saturated carbocycles. The molecule has 0 radical (unpaired) electrons. The van der Waals surface area contributed by atoms with Crippen molar-refractivity contribution in [2.75, 3.05) is 12.3 Å². The van der Waals surface area contributed by atoms with Crippen LogP contribution in [-0.4, -0.2) is 29.7 Å². The molecule has 1 aromatic carbocycles. The molecule has 0 aromatic heterocycles. The van der Waals surface area contributed by atoms with Crippen LogP contribution in [0.5, 0.6) is 0 Å². The zero-order chi connectivity index (χ0) is 15.0. The summed E-state index contributed by atoms with van der Waals surface area (Å²) in [5.41, 5.74) is 7.34. The van der Waals surface area contributed by atoms with Crippen LogP contribution < -0.4 is 16.4 Å². The lowest BCUT2D eigenvalue weighted by molar-refractivity contribution is -0.139. The zero-order valence-corrected chi connectivity index (χ0v) is 11.6. The van der Waals surface area contributed by atoms with E-state index in [1.807, 2.05) is 19.1 Å². The van der Waals surface area contributed by atoms with Gasteiger partial charge in [0.2, 0.25) is 0 Å². The van der Waals surface area contributed by atoms with E-state index in [0.29, 0.717) is 31.5 Å². The molecule has 5 N–H and O–H groups in total. The highest BCUT2D eigenvalue weighted by Crippen LogP contribution is 2.05. The van der Waals surface area contributed by atoms with Crippen molar-refractivity contribution in [3.8, 4) is 0 Å². The summed E-state index contributed by atoms with van der Waals surface area (Å²) in [7, 11) is 0. The van der Waals surface area contributed by atoms with Crippen molar-refractivity contribution >= 4 is 17.7 Å². The number of benzene rings is 1. The summed E-state index contributed by atoms with van der Waals surface area (Å²) in [6, 6.07) is 6.10. The summed E-state index contributed by atoms with van der Waals surface area (Å²) >= 11 is 0.